The number of pyridine rings is 1. The van der Waals surface area contributed by atoms with Gasteiger partial charge in [-0.25, -0.2) is 4.57 Å². The minimum absolute atomic E-state index is 0.131. The zero-order valence-corrected chi connectivity index (χ0v) is 20.2. The van der Waals surface area contributed by atoms with Crippen LogP contribution in [0.3, 0.4) is 0 Å². The van der Waals surface area contributed by atoms with E-state index in [1.54, 1.807) is 43.3 Å². The number of H-pyrrole nitrogens is 1. The van der Waals surface area contributed by atoms with Gasteiger partial charge in [-0.15, -0.1) is 0 Å². The number of nitrogens with zero attached hydrogens (tertiary/aromatic N) is 2. The Hall–Kier alpha value is -3.69. The highest BCUT2D eigenvalue weighted by Gasteiger charge is 2.16. The van der Waals surface area contributed by atoms with E-state index in [2.05, 4.69) is 15.3 Å². The molecule has 34 heavy (non-hydrogen) atoms. The van der Waals surface area contributed by atoms with E-state index < -0.39 is 0 Å². The van der Waals surface area contributed by atoms with E-state index in [4.69, 9.17) is 33.3 Å². The lowest BCUT2D eigenvalue weighted by atomic mass is 10.0. The SMILES string of the molecule is COc1ccc(-n2c(=S)[nH]c3cc(C(=O)NCc4cccc(Cl)c4)c(C)cc3c2=O)nc1OC. The molecule has 174 valence electrons. The van der Waals surface area contributed by atoms with E-state index in [1.165, 1.54) is 18.8 Å². The van der Waals surface area contributed by atoms with Gasteiger partial charge >= 0.3 is 0 Å². The molecule has 0 aliphatic heterocycles. The van der Waals surface area contributed by atoms with E-state index >= 15 is 0 Å². The van der Waals surface area contributed by atoms with Crippen LogP contribution in [0.1, 0.15) is 21.5 Å². The van der Waals surface area contributed by atoms with Crippen molar-refractivity contribution in [2.24, 2.45) is 0 Å². The molecule has 0 atom stereocenters. The number of hydrogen-bond acceptors (Lipinski definition) is 6. The highest BCUT2D eigenvalue weighted by molar-refractivity contribution is 7.71. The van der Waals surface area contributed by atoms with Gasteiger partial charge in [0.25, 0.3) is 17.3 Å². The number of nitrogens with one attached hydrogen (secondary N) is 2. The number of ether oxygens (including phenoxy) is 2. The molecule has 0 saturated carbocycles. The van der Waals surface area contributed by atoms with E-state index in [-0.39, 0.29) is 27.9 Å². The fourth-order valence-corrected chi connectivity index (χ4v) is 4.09. The summed E-state index contributed by atoms with van der Waals surface area (Å²) in [6.07, 6.45) is 0. The summed E-state index contributed by atoms with van der Waals surface area (Å²) < 4.78 is 11.9. The molecule has 0 bridgehead atoms. The normalized spacial score (nSPS) is 10.8. The Morgan fingerprint density at radius 3 is 2.68 bits per heavy atom. The van der Waals surface area contributed by atoms with Gasteiger partial charge in [0.2, 0.25) is 0 Å². The van der Waals surface area contributed by atoms with Crippen molar-refractivity contribution in [2.45, 2.75) is 13.5 Å². The number of carbonyl (C=O) groups excluding carboxylic acids is 1. The van der Waals surface area contributed by atoms with E-state index in [0.717, 1.165) is 5.56 Å². The molecule has 2 N–H and O–H groups in total. The highest BCUT2D eigenvalue weighted by atomic mass is 35.5. The van der Waals surface area contributed by atoms with Gasteiger partial charge < -0.3 is 19.8 Å². The Bertz CT molecular complexity index is 1530. The third-order valence-electron chi connectivity index (χ3n) is 5.28. The van der Waals surface area contributed by atoms with Crippen LogP contribution in [-0.4, -0.2) is 34.7 Å². The summed E-state index contributed by atoms with van der Waals surface area (Å²) >= 11 is 11.5. The second kappa shape index (κ2) is 9.66. The average molecular weight is 497 g/mol. The second-order valence-electron chi connectivity index (χ2n) is 7.48. The number of benzene rings is 2. The first kappa shape index (κ1) is 23.5. The summed E-state index contributed by atoms with van der Waals surface area (Å²) in [5.74, 6) is 0.666. The summed E-state index contributed by atoms with van der Waals surface area (Å²) in [4.78, 5) is 33.6. The number of methoxy groups -OCH3 is 2. The van der Waals surface area contributed by atoms with Gasteiger partial charge in [0, 0.05) is 17.1 Å². The molecule has 2 aromatic carbocycles. The Labute approximate surface area is 205 Å². The molecule has 10 heteroatoms. The molecule has 0 spiro atoms. The Morgan fingerprint density at radius 2 is 1.97 bits per heavy atom. The largest absolute Gasteiger partial charge is 0.491 e. The average Bonchev–Trinajstić information content (AvgIpc) is 2.82. The molecule has 8 nitrogen and oxygen atoms in total. The number of rotatable bonds is 6. The Morgan fingerprint density at radius 1 is 1.18 bits per heavy atom. The van der Waals surface area contributed by atoms with Crippen molar-refractivity contribution in [1.82, 2.24) is 19.9 Å². The van der Waals surface area contributed by atoms with Crippen molar-refractivity contribution in [2.75, 3.05) is 14.2 Å². The summed E-state index contributed by atoms with van der Waals surface area (Å²) in [6, 6.07) is 13.8. The fourth-order valence-electron chi connectivity index (χ4n) is 3.59. The van der Waals surface area contributed by atoms with Crippen LogP contribution in [0, 0.1) is 11.7 Å². The maximum atomic E-state index is 13.3. The molecule has 4 rings (SSSR count). The lowest BCUT2D eigenvalue weighted by Gasteiger charge is -2.13. The molecule has 2 heterocycles. The molecule has 0 saturated heterocycles. The quantitative estimate of drug-likeness (QED) is 0.385. The number of hydrogen-bond donors (Lipinski definition) is 2. The van der Waals surface area contributed by atoms with Crippen molar-refractivity contribution in [1.29, 1.82) is 0 Å². The van der Waals surface area contributed by atoms with E-state index in [9.17, 15) is 9.59 Å². The van der Waals surface area contributed by atoms with Crippen LogP contribution in [0.25, 0.3) is 16.7 Å². The molecule has 0 fully saturated rings. The maximum absolute atomic E-state index is 13.3. The van der Waals surface area contributed by atoms with Crippen molar-refractivity contribution >= 4 is 40.6 Å². The van der Waals surface area contributed by atoms with Gasteiger partial charge in [0.05, 0.1) is 25.1 Å². The van der Waals surface area contributed by atoms with Crippen molar-refractivity contribution in [3.8, 4) is 17.4 Å². The van der Waals surface area contributed by atoms with Crippen LogP contribution in [-0.2, 0) is 6.54 Å². The third kappa shape index (κ3) is 4.52. The molecule has 2 aromatic heterocycles. The second-order valence-corrected chi connectivity index (χ2v) is 8.30. The van der Waals surface area contributed by atoms with Crippen molar-refractivity contribution in [3.05, 3.63) is 85.4 Å². The van der Waals surface area contributed by atoms with E-state index in [0.29, 0.717) is 39.3 Å². The molecular formula is C24H21ClN4O4S. The first-order valence-corrected chi connectivity index (χ1v) is 11.0. The smallest absolute Gasteiger partial charge is 0.267 e. The number of amides is 1. The monoisotopic (exact) mass is 496 g/mol. The third-order valence-corrected chi connectivity index (χ3v) is 5.80. The summed E-state index contributed by atoms with van der Waals surface area (Å²) in [7, 11) is 2.96. The van der Waals surface area contributed by atoms with Crippen LogP contribution in [0.4, 0.5) is 0 Å². The number of aromatic nitrogens is 3. The van der Waals surface area contributed by atoms with Crippen LogP contribution in [0.2, 0.25) is 5.02 Å². The van der Waals surface area contributed by atoms with Crippen LogP contribution in [0.5, 0.6) is 11.6 Å². The molecule has 0 aliphatic carbocycles. The zero-order chi connectivity index (χ0) is 24.4. The van der Waals surface area contributed by atoms with E-state index in [1.807, 2.05) is 12.1 Å². The molecule has 4 aromatic rings. The minimum Gasteiger partial charge on any atom is -0.491 e. The lowest BCUT2D eigenvalue weighted by Crippen LogP contribution is -2.25. The van der Waals surface area contributed by atoms with Crippen molar-refractivity contribution in [3.63, 3.8) is 0 Å². The first-order valence-electron chi connectivity index (χ1n) is 10.2. The lowest BCUT2D eigenvalue weighted by molar-refractivity contribution is 0.0950. The number of aryl methyl sites for hydroxylation is 1. The summed E-state index contributed by atoms with van der Waals surface area (Å²) in [5, 5.41) is 3.85. The highest BCUT2D eigenvalue weighted by Crippen LogP contribution is 2.25. The molecule has 0 unspecified atom stereocenters. The zero-order valence-electron chi connectivity index (χ0n) is 18.6. The van der Waals surface area contributed by atoms with Gasteiger partial charge in [0.1, 0.15) is 5.82 Å². The topological polar surface area (TPSA) is 98.2 Å². The van der Waals surface area contributed by atoms with Crippen molar-refractivity contribution < 1.29 is 14.3 Å². The molecule has 0 radical (unpaired) electrons. The summed E-state index contributed by atoms with van der Waals surface area (Å²) in [5.41, 5.74) is 2.04. The van der Waals surface area contributed by atoms with Crippen LogP contribution >= 0.6 is 23.8 Å². The number of halogens is 1. The maximum Gasteiger partial charge on any atom is 0.267 e. The Kier molecular flexibility index (Phi) is 6.67. The van der Waals surface area contributed by atoms with Gasteiger partial charge in [0.15, 0.2) is 10.5 Å². The predicted molar refractivity (Wildman–Crippen MR) is 133 cm³/mol. The van der Waals surface area contributed by atoms with Gasteiger partial charge in [-0.05, 0) is 66.7 Å². The predicted octanol–water partition coefficient (Wildman–Crippen LogP) is 4.35. The van der Waals surface area contributed by atoms with Gasteiger partial charge in [-0.3, -0.25) is 9.59 Å². The Balaban J connectivity index is 1.72. The number of fused-ring (bicyclic) bond motifs is 1. The standard InChI is InChI=1S/C24H21ClN4O4S/c1-13-9-17-18(11-16(13)21(30)26-12-14-5-4-6-15(25)10-14)27-24(34)29(23(17)31)20-8-7-19(32-2)22(28-20)33-3/h4-11H,12H2,1-3H3,(H,26,30)(H,27,34). The molecule has 0 aliphatic rings. The van der Waals surface area contributed by atoms with Crippen LogP contribution < -0.4 is 20.3 Å². The fraction of sp³-hybridized carbons (Fsp3) is 0.167. The minimum atomic E-state index is -0.368. The van der Waals surface area contributed by atoms with Crippen LogP contribution in [0.15, 0.2) is 53.3 Å². The van der Waals surface area contributed by atoms with Gasteiger partial charge in [-0.1, -0.05) is 23.7 Å². The first-order chi connectivity index (χ1) is 16.3. The molecular weight excluding hydrogens is 476 g/mol. The molecule has 1 amide bonds. The summed E-state index contributed by atoms with van der Waals surface area (Å²) in [6.45, 7) is 2.09. The number of aromatic amines is 1. The number of carbonyl (C=O) groups is 1. The van der Waals surface area contributed by atoms with Gasteiger partial charge in [-0.2, -0.15) is 4.98 Å².